The van der Waals surface area contributed by atoms with Gasteiger partial charge >= 0.3 is 0 Å². The second-order valence-corrected chi connectivity index (χ2v) is 6.91. The smallest absolute Gasteiger partial charge is 0.0586 e. The maximum absolute atomic E-state index is 5.49. The van der Waals surface area contributed by atoms with Crippen LogP contribution in [0, 0.1) is 0 Å². The SMILES string of the molecule is COC1CCCC(NCC(C)(C)c2cccs2)C1. The van der Waals surface area contributed by atoms with Gasteiger partial charge in [-0.05, 0) is 37.1 Å². The molecule has 2 nitrogen and oxygen atoms in total. The average molecular weight is 267 g/mol. The number of methoxy groups -OCH3 is 1. The minimum absolute atomic E-state index is 0.230. The summed E-state index contributed by atoms with van der Waals surface area (Å²) in [5.74, 6) is 0. The van der Waals surface area contributed by atoms with Gasteiger partial charge in [0.1, 0.15) is 0 Å². The zero-order chi connectivity index (χ0) is 13.0. The van der Waals surface area contributed by atoms with Gasteiger partial charge in [-0.1, -0.05) is 19.9 Å². The molecule has 0 spiro atoms. The van der Waals surface area contributed by atoms with Gasteiger partial charge in [0.15, 0.2) is 0 Å². The molecule has 0 saturated heterocycles. The van der Waals surface area contributed by atoms with Crippen molar-refractivity contribution in [2.75, 3.05) is 13.7 Å². The highest BCUT2D eigenvalue weighted by atomic mass is 32.1. The van der Waals surface area contributed by atoms with Crippen molar-refractivity contribution in [3.8, 4) is 0 Å². The standard InChI is InChI=1S/C15H25NOS/c1-15(2,14-8-5-9-18-14)11-16-12-6-4-7-13(10-12)17-3/h5,8-9,12-13,16H,4,6-7,10-11H2,1-3H3. The van der Waals surface area contributed by atoms with E-state index in [0.717, 1.165) is 13.0 Å². The highest BCUT2D eigenvalue weighted by molar-refractivity contribution is 7.10. The second-order valence-electron chi connectivity index (χ2n) is 5.96. The van der Waals surface area contributed by atoms with E-state index in [1.165, 1.54) is 24.1 Å². The Morgan fingerprint density at radius 1 is 1.44 bits per heavy atom. The molecule has 0 aromatic carbocycles. The van der Waals surface area contributed by atoms with E-state index in [0.29, 0.717) is 12.1 Å². The summed E-state index contributed by atoms with van der Waals surface area (Å²) in [6, 6.07) is 5.01. The van der Waals surface area contributed by atoms with Crippen molar-refractivity contribution in [2.24, 2.45) is 0 Å². The van der Waals surface area contributed by atoms with Crippen LogP contribution in [0.2, 0.25) is 0 Å². The van der Waals surface area contributed by atoms with Crippen molar-refractivity contribution in [2.45, 2.75) is 57.1 Å². The summed E-state index contributed by atoms with van der Waals surface area (Å²) in [7, 11) is 1.84. The molecule has 1 aromatic rings. The van der Waals surface area contributed by atoms with Crippen molar-refractivity contribution in [1.82, 2.24) is 5.32 Å². The van der Waals surface area contributed by atoms with Crippen LogP contribution in [0.3, 0.4) is 0 Å². The van der Waals surface area contributed by atoms with Crippen molar-refractivity contribution in [3.05, 3.63) is 22.4 Å². The zero-order valence-electron chi connectivity index (χ0n) is 11.7. The van der Waals surface area contributed by atoms with Crippen molar-refractivity contribution < 1.29 is 4.74 Å². The van der Waals surface area contributed by atoms with Gasteiger partial charge in [-0.2, -0.15) is 0 Å². The van der Waals surface area contributed by atoms with Crippen molar-refractivity contribution in [1.29, 1.82) is 0 Å². The van der Waals surface area contributed by atoms with Crippen LogP contribution in [0.4, 0.5) is 0 Å². The summed E-state index contributed by atoms with van der Waals surface area (Å²) in [6.07, 6.45) is 5.43. The lowest BCUT2D eigenvalue weighted by molar-refractivity contribution is 0.0581. The number of nitrogens with one attached hydrogen (secondary N) is 1. The molecule has 0 bridgehead atoms. The zero-order valence-corrected chi connectivity index (χ0v) is 12.6. The van der Waals surface area contributed by atoms with Crippen LogP contribution < -0.4 is 5.32 Å². The topological polar surface area (TPSA) is 21.3 Å². The summed E-state index contributed by atoms with van der Waals surface area (Å²) in [5.41, 5.74) is 0.230. The third-order valence-corrected chi connectivity index (χ3v) is 5.22. The molecule has 102 valence electrons. The van der Waals surface area contributed by atoms with Crippen LogP contribution in [0.1, 0.15) is 44.4 Å². The van der Waals surface area contributed by atoms with E-state index in [4.69, 9.17) is 4.74 Å². The van der Waals surface area contributed by atoms with Crippen LogP contribution >= 0.6 is 11.3 Å². The molecule has 1 heterocycles. The molecule has 2 unspecified atom stereocenters. The molecule has 1 aliphatic rings. The molecule has 3 heteroatoms. The Kier molecular flexibility index (Phi) is 4.82. The van der Waals surface area contributed by atoms with Crippen LogP contribution in [0.5, 0.6) is 0 Å². The van der Waals surface area contributed by atoms with Gasteiger partial charge in [0, 0.05) is 30.0 Å². The van der Waals surface area contributed by atoms with Gasteiger partial charge in [-0.25, -0.2) is 0 Å². The normalized spacial score (nSPS) is 25.3. The third kappa shape index (κ3) is 3.56. The summed E-state index contributed by atoms with van der Waals surface area (Å²) in [5, 5.41) is 5.91. The Balaban J connectivity index is 1.84. The molecular weight excluding hydrogens is 242 g/mol. The number of thiophene rings is 1. The lowest BCUT2D eigenvalue weighted by Gasteiger charge is -2.32. The Labute approximate surface area is 115 Å². The fraction of sp³-hybridized carbons (Fsp3) is 0.733. The summed E-state index contributed by atoms with van der Waals surface area (Å²) < 4.78 is 5.49. The number of hydrogen-bond donors (Lipinski definition) is 1. The van der Waals surface area contributed by atoms with E-state index in [-0.39, 0.29) is 5.41 Å². The summed E-state index contributed by atoms with van der Waals surface area (Å²) in [4.78, 5) is 1.47. The maximum atomic E-state index is 5.49. The van der Waals surface area contributed by atoms with Crippen molar-refractivity contribution in [3.63, 3.8) is 0 Å². The first-order valence-electron chi connectivity index (χ1n) is 6.92. The van der Waals surface area contributed by atoms with Gasteiger partial charge in [0.2, 0.25) is 0 Å². The molecule has 1 N–H and O–H groups in total. The average Bonchev–Trinajstić information content (AvgIpc) is 2.91. The van der Waals surface area contributed by atoms with Gasteiger partial charge in [0.25, 0.3) is 0 Å². The van der Waals surface area contributed by atoms with Crippen LogP contribution in [-0.4, -0.2) is 25.8 Å². The molecule has 18 heavy (non-hydrogen) atoms. The molecule has 1 aliphatic carbocycles. The minimum Gasteiger partial charge on any atom is -0.381 e. The fourth-order valence-corrected chi connectivity index (χ4v) is 3.55. The van der Waals surface area contributed by atoms with E-state index >= 15 is 0 Å². The Hall–Kier alpha value is -0.380. The van der Waals surface area contributed by atoms with E-state index in [2.05, 4.69) is 36.7 Å². The minimum atomic E-state index is 0.230. The number of rotatable bonds is 5. The maximum Gasteiger partial charge on any atom is 0.0586 e. The van der Waals surface area contributed by atoms with E-state index < -0.39 is 0 Å². The molecule has 1 aromatic heterocycles. The molecule has 0 radical (unpaired) electrons. The second kappa shape index (κ2) is 6.18. The lowest BCUT2D eigenvalue weighted by Crippen LogP contribution is -2.42. The van der Waals surface area contributed by atoms with Crippen LogP contribution in [-0.2, 0) is 10.2 Å². The van der Waals surface area contributed by atoms with E-state index in [9.17, 15) is 0 Å². The highest BCUT2D eigenvalue weighted by Crippen LogP contribution is 2.28. The molecule has 0 amide bonds. The van der Waals surface area contributed by atoms with Crippen LogP contribution in [0.25, 0.3) is 0 Å². The monoisotopic (exact) mass is 267 g/mol. The van der Waals surface area contributed by atoms with Gasteiger partial charge < -0.3 is 10.1 Å². The van der Waals surface area contributed by atoms with E-state index in [1.807, 2.05) is 18.4 Å². The predicted octanol–water partition coefficient (Wildman–Crippen LogP) is 3.57. The first-order valence-corrected chi connectivity index (χ1v) is 7.80. The first-order chi connectivity index (χ1) is 8.62. The molecule has 0 aliphatic heterocycles. The van der Waals surface area contributed by atoms with Crippen molar-refractivity contribution >= 4 is 11.3 Å². The molecular formula is C15H25NOS. The molecule has 2 atom stereocenters. The Morgan fingerprint density at radius 2 is 2.28 bits per heavy atom. The summed E-state index contributed by atoms with van der Waals surface area (Å²) >= 11 is 1.86. The number of hydrogen-bond acceptors (Lipinski definition) is 3. The Morgan fingerprint density at radius 3 is 2.94 bits per heavy atom. The van der Waals surface area contributed by atoms with Crippen LogP contribution in [0.15, 0.2) is 17.5 Å². The van der Waals surface area contributed by atoms with E-state index in [1.54, 1.807) is 0 Å². The lowest BCUT2D eigenvalue weighted by atomic mass is 9.88. The molecule has 1 saturated carbocycles. The number of ether oxygens (including phenoxy) is 1. The molecule has 1 fully saturated rings. The predicted molar refractivity (Wildman–Crippen MR) is 78.4 cm³/mol. The first kappa shape index (κ1) is 14.0. The Bertz CT molecular complexity index is 347. The highest BCUT2D eigenvalue weighted by Gasteiger charge is 2.26. The quantitative estimate of drug-likeness (QED) is 0.880. The third-order valence-electron chi connectivity index (χ3n) is 3.98. The van der Waals surface area contributed by atoms with Gasteiger partial charge in [-0.3, -0.25) is 0 Å². The van der Waals surface area contributed by atoms with Gasteiger partial charge in [-0.15, -0.1) is 11.3 Å². The van der Waals surface area contributed by atoms with Gasteiger partial charge in [0.05, 0.1) is 6.10 Å². The fourth-order valence-electron chi connectivity index (χ4n) is 2.69. The molecule has 2 rings (SSSR count). The largest absolute Gasteiger partial charge is 0.381 e. The summed E-state index contributed by atoms with van der Waals surface area (Å²) in [6.45, 7) is 5.69.